The van der Waals surface area contributed by atoms with E-state index in [1.54, 1.807) is 23.5 Å². The van der Waals surface area contributed by atoms with Gasteiger partial charge in [0.15, 0.2) is 17.0 Å². The quantitative estimate of drug-likeness (QED) is 0.710. The lowest BCUT2D eigenvalue weighted by molar-refractivity contribution is -0.120. The number of benzene rings is 1. The molecule has 0 atom stereocenters. The van der Waals surface area contributed by atoms with Gasteiger partial charge in [0.05, 0.1) is 5.92 Å². The number of nitrogens with zero attached hydrogens (tertiary/aromatic N) is 6. The number of anilines is 2. The second-order valence-corrected chi connectivity index (χ2v) is 6.79. The van der Waals surface area contributed by atoms with Gasteiger partial charge in [-0.2, -0.15) is 0 Å². The number of hydrogen-bond donors (Lipinski definition) is 1. The molecule has 0 unspecified atom stereocenters. The maximum absolute atomic E-state index is 12.4. The number of carbonyl (C=O) groups excluding carboxylic acids is 1. The van der Waals surface area contributed by atoms with Gasteiger partial charge in [0.25, 0.3) is 0 Å². The molecule has 1 aliphatic heterocycles. The number of amides is 1. The molecule has 3 aromatic rings. The Balaban J connectivity index is 1.43. The number of aryl methyl sites for hydroxylation is 1. The minimum atomic E-state index is -0.0698. The van der Waals surface area contributed by atoms with Crippen molar-refractivity contribution in [1.29, 1.82) is 0 Å². The third-order valence-electron chi connectivity index (χ3n) is 4.26. The molecular weight excluding hydrogens is 338 g/mol. The third-order valence-corrected chi connectivity index (χ3v) is 4.98. The van der Waals surface area contributed by atoms with Crippen LogP contribution in [0.15, 0.2) is 35.5 Å². The van der Waals surface area contributed by atoms with Crippen LogP contribution < -0.4 is 10.2 Å². The minimum Gasteiger partial charge on any atom is -0.353 e. The molecule has 1 amide bonds. The number of rotatable bonds is 4. The van der Waals surface area contributed by atoms with E-state index in [0.29, 0.717) is 24.3 Å². The predicted octanol–water partition coefficient (Wildman–Crippen LogP) is 1.56. The molecular formula is C16H17N7OS. The standard InChI is InChI=1S/C16H17N7OS/c1-22-14-13(20-21-22)15(18-9-17-14)23-7-10(8-23)16(24)19-11-4-3-5-12(6-11)25-2/h3-6,9-10H,7-8H2,1-2H3,(H,19,24). The Kier molecular flexibility index (Phi) is 4.00. The van der Waals surface area contributed by atoms with Gasteiger partial charge in [0.2, 0.25) is 5.91 Å². The zero-order valence-electron chi connectivity index (χ0n) is 13.9. The molecule has 1 fully saturated rings. The highest BCUT2D eigenvalue weighted by atomic mass is 32.2. The number of fused-ring (bicyclic) bond motifs is 1. The summed E-state index contributed by atoms with van der Waals surface area (Å²) in [5.74, 6) is 0.685. The molecule has 1 N–H and O–H groups in total. The van der Waals surface area contributed by atoms with Crippen LogP contribution >= 0.6 is 11.8 Å². The van der Waals surface area contributed by atoms with Crippen LogP contribution in [-0.2, 0) is 11.8 Å². The van der Waals surface area contributed by atoms with Gasteiger partial charge in [-0.25, -0.2) is 14.6 Å². The number of aromatic nitrogens is 5. The Morgan fingerprint density at radius 3 is 2.96 bits per heavy atom. The van der Waals surface area contributed by atoms with E-state index in [2.05, 4.69) is 25.6 Å². The fraction of sp³-hybridized carbons (Fsp3) is 0.312. The van der Waals surface area contributed by atoms with Crippen LogP contribution in [-0.4, -0.2) is 50.2 Å². The first-order valence-corrected chi connectivity index (χ1v) is 9.08. The Labute approximate surface area is 148 Å². The summed E-state index contributed by atoms with van der Waals surface area (Å²) < 4.78 is 1.61. The Morgan fingerprint density at radius 1 is 1.32 bits per heavy atom. The van der Waals surface area contributed by atoms with Gasteiger partial charge in [-0.15, -0.1) is 16.9 Å². The van der Waals surface area contributed by atoms with E-state index >= 15 is 0 Å². The molecule has 1 aromatic carbocycles. The maximum atomic E-state index is 12.4. The third kappa shape index (κ3) is 2.91. The second kappa shape index (κ2) is 6.32. The summed E-state index contributed by atoms with van der Waals surface area (Å²) in [5.41, 5.74) is 2.18. The van der Waals surface area contributed by atoms with Crippen molar-refractivity contribution in [2.24, 2.45) is 13.0 Å². The van der Waals surface area contributed by atoms with Crippen molar-refractivity contribution in [1.82, 2.24) is 25.0 Å². The van der Waals surface area contributed by atoms with Crippen LogP contribution in [0.1, 0.15) is 0 Å². The first kappa shape index (κ1) is 15.8. The molecule has 8 nitrogen and oxygen atoms in total. The fourth-order valence-electron chi connectivity index (χ4n) is 2.83. The summed E-state index contributed by atoms with van der Waals surface area (Å²) in [6, 6.07) is 7.85. The molecule has 0 radical (unpaired) electrons. The Morgan fingerprint density at radius 2 is 2.16 bits per heavy atom. The molecule has 1 saturated heterocycles. The SMILES string of the molecule is CSc1cccc(NC(=O)C2CN(c3ncnc4c3nnn4C)C2)c1. The molecule has 0 aliphatic carbocycles. The predicted molar refractivity (Wildman–Crippen MR) is 96.7 cm³/mol. The van der Waals surface area contributed by atoms with E-state index in [0.717, 1.165) is 16.4 Å². The number of nitrogens with one attached hydrogen (secondary N) is 1. The average Bonchev–Trinajstić information content (AvgIpc) is 2.96. The molecule has 1 aliphatic rings. The van der Waals surface area contributed by atoms with E-state index in [9.17, 15) is 4.79 Å². The van der Waals surface area contributed by atoms with Crippen molar-refractivity contribution in [2.45, 2.75) is 4.90 Å². The topological polar surface area (TPSA) is 88.8 Å². The summed E-state index contributed by atoms with van der Waals surface area (Å²) in [7, 11) is 1.79. The monoisotopic (exact) mass is 355 g/mol. The van der Waals surface area contributed by atoms with Crippen LogP contribution in [0.25, 0.3) is 11.2 Å². The zero-order valence-corrected chi connectivity index (χ0v) is 14.7. The molecule has 2 aromatic heterocycles. The van der Waals surface area contributed by atoms with Crippen molar-refractivity contribution in [3.8, 4) is 0 Å². The lowest BCUT2D eigenvalue weighted by atomic mass is 9.99. The van der Waals surface area contributed by atoms with Gasteiger partial charge >= 0.3 is 0 Å². The van der Waals surface area contributed by atoms with E-state index < -0.39 is 0 Å². The van der Waals surface area contributed by atoms with Crippen LogP contribution in [0.5, 0.6) is 0 Å². The van der Waals surface area contributed by atoms with Gasteiger partial charge in [0.1, 0.15) is 6.33 Å². The highest BCUT2D eigenvalue weighted by molar-refractivity contribution is 7.98. The first-order chi connectivity index (χ1) is 12.2. The molecule has 0 bridgehead atoms. The Bertz CT molecular complexity index is 935. The molecule has 0 spiro atoms. The van der Waals surface area contributed by atoms with E-state index in [1.165, 1.54) is 6.33 Å². The van der Waals surface area contributed by atoms with Crippen LogP contribution in [0.3, 0.4) is 0 Å². The highest BCUT2D eigenvalue weighted by Crippen LogP contribution is 2.28. The number of carbonyl (C=O) groups is 1. The molecule has 0 saturated carbocycles. The van der Waals surface area contributed by atoms with Gasteiger partial charge in [-0.1, -0.05) is 11.3 Å². The largest absolute Gasteiger partial charge is 0.353 e. The van der Waals surface area contributed by atoms with Crippen molar-refractivity contribution < 1.29 is 4.79 Å². The van der Waals surface area contributed by atoms with Gasteiger partial charge in [0, 0.05) is 30.7 Å². The van der Waals surface area contributed by atoms with Crippen molar-refractivity contribution in [3.63, 3.8) is 0 Å². The summed E-state index contributed by atoms with van der Waals surface area (Å²) >= 11 is 1.65. The van der Waals surface area contributed by atoms with Gasteiger partial charge in [-0.05, 0) is 24.5 Å². The van der Waals surface area contributed by atoms with E-state index in [1.807, 2.05) is 35.4 Å². The van der Waals surface area contributed by atoms with Crippen molar-refractivity contribution in [2.75, 3.05) is 29.6 Å². The molecule has 4 rings (SSSR count). The minimum absolute atomic E-state index is 0.0268. The summed E-state index contributed by atoms with van der Waals surface area (Å²) in [6.07, 6.45) is 3.52. The summed E-state index contributed by atoms with van der Waals surface area (Å²) in [5, 5.41) is 11.1. The van der Waals surface area contributed by atoms with E-state index in [-0.39, 0.29) is 11.8 Å². The summed E-state index contributed by atoms with van der Waals surface area (Å²) in [6.45, 7) is 1.22. The molecule has 25 heavy (non-hydrogen) atoms. The average molecular weight is 355 g/mol. The van der Waals surface area contributed by atoms with Crippen molar-refractivity contribution in [3.05, 3.63) is 30.6 Å². The van der Waals surface area contributed by atoms with Crippen LogP contribution in [0.2, 0.25) is 0 Å². The number of thioether (sulfide) groups is 1. The lowest BCUT2D eigenvalue weighted by Crippen LogP contribution is -2.52. The molecule has 3 heterocycles. The molecule has 128 valence electrons. The Hall–Kier alpha value is -2.68. The second-order valence-electron chi connectivity index (χ2n) is 5.91. The normalized spacial score (nSPS) is 14.6. The van der Waals surface area contributed by atoms with Crippen LogP contribution in [0, 0.1) is 5.92 Å². The van der Waals surface area contributed by atoms with E-state index in [4.69, 9.17) is 0 Å². The lowest BCUT2D eigenvalue weighted by Gasteiger charge is -2.38. The highest BCUT2D eigenvalue weighted by Gasteiger charge is 2.35. The number of hydrogen-bond acceptors (Lipinski definition) is 7. The zero-order chi connectivity index (χ0) is 17.4. The van der Waals surface area contributed by atoms with Gasteiger partial charge in [-0.3, -0.25) is 4.79 Å². The van der Waals surface area contributed by atoms with Crippen LogP contribution in [0.4, 0.5) is 11.5 Å². The van der Waals surface area contributed by atoms with Gasteiger partial charge < -0.3 is 10.2 Å². The molecule has 9 heteroatoms. The first-order valence-electron chi connectivity index (χ1n) is 7.86. The maximum Gasteiger partial charge on any atom is 0.231 e. The smallest absolute Gasteiger partial charge is 0.231 e. The fourth-order valence-corrected chi connectivity index (χ4v) is 3.29. The summed E-state index contributed by atoms with van der Waals surface area (Å²) in [4.78, 5) is 24.1. The van der Waals surface area contributed by atoms with Crippen molar-refractivity contribution >= 4 is 40.3 Å².